The molecule has 0 aliphatic carbocycles. The monoisotopic (exact) mass is 330 g/mol. The molecule has 0 saturated heterocycles. The zero-order valence-electron chi connectivity index (χ0n) is 11.8. The van der Waals surface area contributed by atoms with Crippen molar-refractivity contribution in [3.05, 3.63) is 24.0 Å². The summed E-state index contributed by atoms with van der Waals surface area (Å²) in [6, 6.07) is 1.87. The fourth-order valence-electron chi connectivity index (χ4n) is 1.54. The first kappa shape index (κ1) is 17.5. The van der Waals surface area contributed by atoms with Crippen LogP contribution >= 0.6 is 12.2 Å². The zero-order chi connectivity index (χ0) is 16.0. The van der Waals surface area contributed by atoms with Crippen molar-refractivity contribution in [2.45, 2.75) is 31.2 Å². The van der Waals surface area contributed by atoms with Crippen LogP contribution in [0.25, 0.3) is 0 Å². The summed E-state index contributed by atoms with van der Waals surface area (Å²) >= 11 is 4.78. The minimum absolute atomic E-state index is 0.00108. The number of pyridine rings is 1. The normalized spacial score (nSPS) is 12.7. The summed E-state index contributed by atoms with van der Waals surface area (Å²) in [5.41, 5.74) is 5.47. The summed E-state index contributed by atoms with van der Waals surface area (Å²) < 4.78 is 26.9. The van der Waals surface area contributed by atoms with Crippen molar-refractivity contribution in [3.63, 3.8) is 0 Å². The van der Waals surface area contributed by atoms with Crippen LogP contribution in [0.3, 0.4) is 0 Å². The Balaban J connectivity index is 2.97. The number of thiocarbonyl (C=S) groups is 1. The maximum atomic E-state index is 12.3. The molecule has 1 atom stereocenters. The Labute approximate surface area is 129 Å². The molecule has 0 fully saturated rings. The lowest BCUT2D eigenvalue weighted by Gasteiger charge is -2.15. The van der Waals surface area contributed by atoms with E-state index in [0.717, 1.165) is 6.42 Å². The Morgan fingerprint density at radius 2 is 2.19 bits per heavy atom. The molecule has 0 spiro atoms. The fourth-order valence-corrected chi connectivity index (χ4v) is 3.15. The van der Waals surface area contributed by atoms with Crippen molar-refractivity contribution in [1.82, 2.24) is 15.0 Å². The van der Waals surface area contributed by atoms with Crippen molar-refractivity contribution < 1.29 is 13.2 Å². The van der Waals surface area contributed by atoms with Gasteiger partial charge in [0.2, 0.25) is 15.9 Å². The molecule has 0 aliphatic rings. The Morgan fingerprint density at radius 3 is 2.76 bits per heavy atom. The number of sulfonamides is 1. The average Bonchev–Trinajstić information content (AvgIpc) is 2.44. The Morgan fingerprint density at radius 1 is 1.52 bits per heavy atom. The van der Waals surface area contributed by atoms with E-state index in [1.165, 1.54) is 25.3 Å². The second-order valence-electron chi connectivity index (χ2n) is 4.35. The van der Waals surface area contributed by atoms with Crippen LogP contribution in [0.5, 0.6) is 0 Å². The molecule has 1 rings (SSSR count). The smallest absolute Gasteiger partial charge is 0.243 e. The van der Waals surface area contributed by atoms with Crippen molar-refractivity contribution in [3.8, 4) is 0 Å². The third-order valence-electron chi connectivity index (χ3n) is 2.57. The highest BCUT2D eigenvalue weighted by molar-refractivity contribution is 7.89. The molecule has 21 heavy (non-hydrogen) atoms. The van der Waals surface area contributed by atoms with Crippen LogP contribution in [0.4, 0.5) is 0 Å². The summed E-state index contributed by atoms with van der Waals surface area (Å²) in [5.74, 6) is -0.402. The largest absolute Gasteiger partial charge is 0.388 e. The summed E-state index contributed by atoms with van der Waals surface area (Å²) in [5, 5.41) is 2.61. The van der Waals surface area contributed by atoms with E-state index in [9.17, 15) is 13.2 Å². The van der Waals surface area contributed by atoms with Gasteiger partial charge in [-0.05, 0) is 25.5 Å². The molecular formula is C12H18N4O3S2. The predicted octanol–water partition coefficient (Wildman–Crippen LogP) is -0.0912. The molecule has 1 unspecified atom stereocenters. The second kappa shape index (κ2) is 7.43. The van der Waals surface area contributed by atoms with Gasteiger partial charge in [-0.1, -0.05) is 19.1 Å². The molecule has 1 heterocycles. The third-order valence-corrected chi connectivity index (χ3v) is 4.33. The van der Waals surface area contributed by atoms with Crippen LogP contribution in [0.15, 0.2) is 23.2 Å². The van der Waals surface area contributed by atoms with Gasteiger partial charge in [-0.25, -0.2) is 8.42 Å². The number of rotatable bonds is 7. The topological polar surface area (TPSA) is 114 Å². The van der Waals surface area contributed by atoms with E-state index in [1.807, 2.05) is 6.92 Å². The Bertz CT molecular complexity index is 631. The van der Waals surface area contributed by atoms with Crippen LogP contribution in [-0.2, 0) is 14.8 Å². The Hall–Kier alpha value is -1.58. The molecule has 0 radical (unpaired) electrons. The van der Waals surface area contributed by atoms with Gasteiger partial charge in [0.25, 0.3) is 0 Å². The van der Waals surface area contributed by atoms with Crippen LogP contribution in [0.1, 0.15) is 26.0 Å². The van der Waals surface area contributed by atoms with Crippen molar-refractivity contribution >= 4 is 33.1 Å². The number of carbonyl (C=O) groups excluding carboxylic acids is 1. The molecular weight excluding hydrogens is 312 g/mol. The number of nitrogens with zero attached hydrogens (tertiary/aromatic N) is 1. The number of hydrogen-bond acceptors (Lipinski definition) is 5. The molecule has 4 N–H and O–H groups in total. The molecule has 9 heteroatoms. The van der Waals surface area contributed by atoms with Gasteiger partial charge in [-0.3, -0.25) is 9.78 Å². The lowest BCUT2D eigenvalue weighted by atomic mass is 10.3. The SMILES string of the molecule is CCCNC(=O)C(C)NS(=O)(=O)c1cccnc1C(N)=S. The lowest BCUT2D eigenvalue weighted by Crippen LogP contribution is -2.45. The standard InChI is InChI=1S/C12H18N4O3S2/c1-3-6-15-12(17)8(2)16-21(18,19)9-5-4-7-14-10(9)11(13)20/h4-5,7-8,16H,3,6H2,1-2H3,(H2,13,20)(H,15,17). The molecule has 1 aromatic rings. The van der Waals surface area contributed by atoms with Crippen LogP contribution in [0, 0.1) is 0 Å². The molecule has 0 aliphatic heterocycles. The summed E-state index contributed by atoms with van der Waals surface area (Å²) in [4.78, 5) is 15.3. The number of nitrogens with two attached hydrogens (primary N) is 1. The van der Waals surface area contributed by atoms with Crippen LogP contribution in [0.2, 0.25) is 0 Å². The first-order valence-corrected chi connectivity index (χ1v) is 8.23. The van der Waals surface area contributed by atoms with E-state index < -0.39 is 22.0 Å². The third kappa shape index (κ3) is 4.73. The summed E-state index contributed by atoms with van der Waals surface area (Å²) in [7, 11) is -3.95. The molecule has 0 aromatic carbocycles. The van der Waals surface area contributed by atoms with Gasteiger partial charge in [-0.2, -0.15) is 4.72 Å². The molecule has 0 bridgehead atoms. The summed E-state index contributed by atoms with van der Waals surface area (Å²) in [6.07, 6.45) is 2.16. The predicted molar refractivity (Wildman–Crippen MR) is 83.2 cm³/mol. The Kier molecular flexibility index (Phi) is 6.19. The van der Waals surface area contributed by atoms with Gasteiger partial charge in [0.1, 0.15) is 15.6 Å². The molecule has 116 valence electrons. The minimum Gasteiger partial charge on any atom is -0.388 e. The van der Waals surface area contributed by atoms with Crippen molar-refractivity contribution in [2.24, 2.45) is 5.73 Å². The molecule has 7 nitrogen and oxygen atoms in total. The fraction of sp³-hybridized carbons (Fsp3) is 0.417. The number of amides is 1. The average molecular weight is 330 g/mol. The van der Waals surface area contributed by atoms with Gasteiger partial charge in [-0.15, -0.1) is 0 Å². The van der Waals surface area contributed by atoms with Gasteiger partial charge in [0.15, 0.2) is 0 Å². The quantitative estimate of drug-likeness (QED) is 0.602. The maximum Gasteiger partial charge on any atom is 0.243 e. The highest BCUT2D eigenvalue weighted by Crippen LogP contribution is 2.13. The maximum absolute atomic E-state index is 12.3. The second-order valence-corrected chi connectivity index (χ2v) is 6.47. The van der Waals surface area contributed by atoms with Gasteiger partial charge >= 0.3 is 0 Å². The van der Waals surface area contributed by atoms with E-state index in [2.05, 4.69) is 15.0 Å². The number of hydrogen-bond donors (Lipinski definition) is 3. The number of aromatic nitrogens is 1. The first-order valence-electron chi connectivity index (χ1n) is 6.34. The van der Waals surface area contributed by atoms with Crippen LogP contribution in [-0.4, -0.2) is 36.9 Å². The molecule has 1 aromatic heterocycles. The van der Waals surface area contributed by atoms with Gasteiger partial charge < -0.3 is 11.1 Å². The molecule has 1 amide bonds. The van der Waals surface area contributed by atoms with Crippen LogP contribution < -0.4 is 15.8 Å². The first-order chi connectivity index (χ1) is 9.79. The van der Waals surface area contributed by atoms with E-state index in [1.54, 1.807) is 0 Å². The highest BCUT2D eigenvalue weighted by atomic mass is 32.2. The van der Waals surface area contributed by atoms with Crippen molar-refractivity contribution in [1.29, 1.82) is 0 Å². The minimum atomic E-state index is -3.95. The van der Waals surface area contributed by atoms with E-state index in [0.29, 0.717) is 6.54 Å². The van der Waals surface area contributed by atoms with Gasteiger partial charge in [0, 0.05) is 12.7 Å². The number of carbonyl (C=O) groups is 1. The van der Waals surface area contributed by atoms with Gasteiger partial charge in [0.05, 0.1) is 6.04 Å². The zero-order valence-corrected chi connectivity index (χ0v) is 13.4. The van der Waals surface area contributed by atoms with E-state index >= 15 is 0 Å². The highest BCUT2D eigenvalue weighted by Gasteiger charge is 2.25. The number of nitrogens with one attached hydrogen (secondary N) is 2. The van der Waals surface area contributed by atoms with Crippen molar-refractivity contribution in [2.75, 3.05) is 6.54 Å². The molecule has 0 saturated carbocycles. The summed E-state index contributed by atoms with van der Waals surface area (Å²) in [6.45, 7) is 3.84. The van der Waals surface area contributed by atoms with E-state index in [4.69, 9.17) is 18.0 Å². The lowest BCUT2D eigenvalue weighted by molar-refractivity contribution is -0.122. The van der Waals surface area contributed by atoms with E-state index in [-0.39, 0.29) is 15.6 Å².